The van der Waals surface area contributed by atoms with Crippen molar-refractivity contribution in [2.24, 2.45) is 11.3 Å². The smallest absolute Gasteiger partial charge is 0.408 e. The number of nitrogens with one attached hydrogen (secondary N) is 3. The van der Waals surface area contributed by atoms with Crippen LogP contribution in [0.3, 0.4) is 0 Å². The van der Waals surface area contributed by atoms with Crippen LogP contribution in [0, 0.1) is 11.3 Å². The number of carbonyl (C=O) groups excluding carboxylic acids is 4. The van der Waals surface area contributed by atoms with Gasteiger partial charge in [-0.05, 0) is 70.1 Å². The molecule has 4 amide bonds. The lowest BCUT2D eigenvalue weighted by Gasteiger charge is -2.36. The Kier molecular flexibility index (Phi) is 10.2. The second-order valence-electron chi connectivity index (χ2n) is 15.9. The van der Waals surface area contributed by atoms with Crippen LogP contribution >= 0.6 is 11.6 Å². The number of alkyl carbamates (subject to hydrolysis) is 1. The number of halogens is 1. The number of ether oxygens (including phenoxy) is 2. The Labute approximate surface area is 304 Å². The normalized spacial score (nSPS) is 24.6. The Morgan fingerprint density at radius 2 is 1.80 bits per heavy atom. The first-order valence-electron chi connectivity index (χ1n) is 17.2. The summed E-state index contributed by atoms with van der Waals surface area (Å²) in [7, 11) is -4.01. The van der Waals surface area contributed by atoms with Gasteiger partial charge in [0.05, 0.1) is 11.3 Å². The highest BCUT2D eigenvalue weighted by molar-refractivity contribution is 7.91. The summed E-state index contributed by atoms with van der Waals surface area (Å²) in [6, 6.07) is 4.77. The third-order valence-electron chi connectivity index (χ3n) is 9.92. The molecule has 3 fully saturated rings. The van der Waals surface area contributed by atoms with Crippen molar-refractivity contribution in [1.29, 1.82) is 0 Å². The first kappa shape index (κ1) is 38.3. The Morgan fingerprint density at radius 3 is 2.37 bits per heavy atom. The molecule has 2 saturated carbocycles. The molecule has 0 spiro atoms. The van der Waals surface area contributed by atoms with E-state index in [1.165, 1.54) is 11.0 Å². The molecule has 2 aromatic rings. The molecule has 1 aromatic heterocycles. The van der Waals surface area contributed by atoms with Crippen LogP contribution in [0.5, 0.6) is 5.88 Å². The fraction of sp³-hybridized carbons (Fsp3) is 0.583. The van der Waals surface area contributed by atoms with E-state index in [-0.39, 0.29) is 25.3 Å². The summed E-state index contributed by atoms with van der Waals surface area (Å²) in [5.41, 5.74) is -3.22. The molecular formula is C36H48ClN5O8S. The minimum absolute atomic E-state index is 0.00715. The Bertz CT molecular complexity index is 1850. The predicted molar refractivity (Wildman–Crippen MR) is 192 cm³/mol. The van der Waals surface area contributed by atoms with E-state index in [2.05, 4.69) is 26.9 Å². The molecule has 3 aliphatic rings. The van der Waals surface area contributed by atoms with Gasteiger partial charge in [0.2, 0.25) is 27.7 Å². The minimum atomic E-state index is -4.01. The Morgan fingerprint density at radius 1 is 1.12 bits per heavy atom. The zero-order valence-electron chi connectivity index (χ0n) is 30.2. The summed E-state index contributed by atoms with van der Waals surface area (Å²) in [5, 5.41) is 7.34. The summed E-state index contributed by atoms with van der Waals surface area (Å²) in [4.78, 5) is 61.0. The van der Waals surface area contributed by atoms with Crippen LogP contribution < -0.4 is 20.1 Å². The second kappa shape index (κ2) is 13.6. The lowest BCUT2D eigenvalue weighted by Crippen LogP contribution is -2.60. The van der Waals surface area contributed by atoms with Crippen molar-refractivity contribution < 1.29 is 37.1 Å². The topological polar surface area (TPSA) is 173 Å². The zero-order valence-corrected chi connectivity index (χ0v) is 31.7. The number of likely N-dealkylation sites (tertiary alicyclic amines) is 1. The summed E-state index contributed by atoms with van der Waals surface area (Å²) >= 11 is 6.42. The van der Waals surface area contributed by atoms with Gasteiger partial charge in [0.15, 0.2) is 0 Å². The van der Waals surface area contributed by atoms with Gasteiger partial charge >= 0.3 is 6.09 Å². The maximum atomic E-state index is 14.4. The van der Waals surface area contributed by atoms with Gasteiger partial charge in [-0.25, -0.2) is 18.2 Å². The van der Waals surface area contributed by atoms with E-state index < -0.39 is 79.2 Å². The molecule has 0 radical (unpaired) electrons. The van der Waals surface area contributed by atoms with Crippen LogP contribution in [0.15, 0.2) is 43.1 Å². The molecule has 51 heavy (non-hydrogen) atoms. The molecule has 3 N–H and O–H groups in total. The van der Waals surface area contributed by atoms with Gasteiger partial charge in [0.25, 0.3) is 5.91 Å². The van der Waals surface area contributed by atoms with Gasteiger partial charge in [0.1, 0.15) is 29.3 Å². The molecule has 2 aliphatic carbocycles. The number of hydrogen-bond acceptors (Lipinski definition) is 9. The first-order valence-corrected chi connectivity index (χ1v) is 19.0. The van der Waals surface area contributed by atoms with E-state index >= 15 is 0 Å². The van der Waals surface area contributed by atoms with Crippen molar-refractivity contribution in [1.82, 2.24) is 25.2 Å². The van der Waals surface area contributed by atoms with Crippen LogP contribution in [0.4, 0.5) is 4.79 Å². The van der Waals surface area contributed by atoms with Crippen LogP contribution in [0.1, 0.15) is 80.6 Å². The molecule has 1 aromatic carbocycles. The van der Waals surface area contributed by atoms with Crippen LogP contribution in [0.2, 0.25) is 5.02 Å². The van der Waals surface area contributed by atoms with Crippen LogP contribution in [-0.2, 0) is 29.1 Å². The highest BCUT2D eigenvalue weighted by Crippen LogP contribution is 2.48. The zero-order chi connectivity index (χ0) is 37.7. The predicted octanol–water partition coefficient (Wildman–Crippen LogP) is 4.63. The highest BCUT2D eigenvalue weighted by atomic mass is 35.5. The first-order chi connectivity index (χ1) is 23.7. The summed E-state index contributed by atoms with van der Waals surface area (Å²) in [6.45, 7) is 15.9. The molecule has 5 rings (SSSR count). The van der Waals surface area contributed by atoms with Gasteiger partial charge in [0, 0.05) is 34.3 Å². The van der Waals surface area contributed by atoms with Gasteiger partial charge in [-0.3, -0.25) is 19.1 Å². The van der Waals surface area contributed by atoms with Crippen molar-refractivity contribution in [2.75, 3.05) is 6.54 Å². The van der Waals surface area contributed by atoms with Gasteiger partial charge in [-0.1, -0.05) is 51.4 Å². The van der Waals surface area contributed by atoms with E-state index in [1.807, 2.05) is 0 Å². The average Bonchev–Trinajstić information content (AvgIpc) is 3.94. The van der Waals surface area contributed by atoms with Gasteiger partial charge in [-0.2, -0.15) is 0 Å². The third kappa shape index (κ3) is 7.81. The van der Waals surface area contributed by atoms with E-state index in [0.717, 1.165) is 0 Å². The standard InChI is InChI=1S/C36H48ClN5O8S/c1-9-21-19-36(21,31(45)41-51(47,48)35(10-2)15-16-35)40-28(43)26-18-22(49-29-24-12-11-13-25(37)23(24)14-17-38-29)20-42(26)30(44)27(33(3,4)5)39-32(46)50-34(6,7)8/h9,11-14,17,21-22,26-27H,1,10,15-16,18-20H2,2-8H3,(H,39,46)(H,40,43)(H,41,45)/t21-,22?,26+,27-,36-/m1/s1. The van der Waals surface area contributed by atoms with E-state index in [0.29, 0.717) is 35.1 Å². The number of aromatic nitrogens is 1. The number of pyridine rings is 1. The van der Waals surface area contributed by atoms with Crippen molar-refractivity contribution in [3.63, 3.8) is 0 Å². The van der Waals surface area contributed by atoms with E-state index in [9.17, 15) is 27.6 Å². The van der Waals surface area contributed by atoms with E-state index in [4.69, 9.17) is 21.1 Å². The van der Waals surface area contributed by atoms with Crippen molar-refractivity contribution >= 4 is 56.2 Å². The third-order valence-corrected chi connectivity index (χ3v) is 12.5. The van der Waals surface area contributed by atoms with Crippen molar-refractivity contribution in [2.45, 2.75) is 115 Å². The van der Waals surface area contributed by atoms with Gasteiger partial charge < -0.3 is 25.0 Å². The average molecular weight is 746 g/mol. The number of amides is 4. The van der Waals surface area contributed by atoms with Crippen LogP contribution in [-0.4, -0.2) is 82.7 Å². The molecular weight excluding hydrogens is 698 g/mol. The molecule has 13 nitrogen and oxygen atoms in total. The summed E-state index contributed by atoms with van der Waals surface area (Å²) in [6.07, 6.45) is 2.90. The monoisotopic (exact) mass is 745 g/mol. The highest BCUT2D eigenvalue weighted by Gasteiger charge is 2.63. The Hall–Kier alpha value is -3.91. The number of sulfonamides is 1. The molecule has 5 atom stereocenters. The molecule has 1 saturated heterocycles. The fourth-order valence-corrected chi connectivity index (χ4v) is 8.52. The number of rotatable bonds is 11. The van der Waals surface area contributed by atoms with Gasteiger partial charge in [-0.15, -0.1) is 6.58 Å². The largest absolute Gasteiger partial charge is 0.472 e. The van der Waals surface area contributed by atoms with Crippen molar-refractivity contribution in [3.05, 3.63) is 48.1 Å². The SMILES string of the molecule is C=C[C@@H]1C[C@]1(NC(=O)[C@@H]1CC(Oc2nccc3c(Cl)cccc23)CN1C(=O)[C@@H](NC(=O)OC(C)(C)C)C(C)(C)C)C(=O)NS(=O)(=O)C1(CC)CC1. The molecule has 15 heteroatoms. The number of carbonyl (C=O) groups is 4. The quantitative estimate of drug-likeness (QED) is 0.278. The van der Waals surface area contributed by atoms with Crippen LogP contribution in [0.25, 0.3) is 10.8 Å². The number of fused-ring (bicyclic) bond motifs is 1. The van der Waals surface area contributed by atoms with E-state index in [1.54, 1.807) is 78.9 Å². The number of hydrogen-bond donors (Lipinski definition) is 3. The summed E-state index contributed by atoms with van der Waals surface area (Å²) in [5.74, 6) is -2.37. The second-order valence-corrected chi connectivity index (χ2v) is 18.3. The molecule has 0 bridgehead atoms. The lowest BCUT2D eigenvalue weighted by molar-refractivity contribution is -0.143. The molecule has 1 unspecified atom stereocenters. The minimum Gasteiger partial charge on any atom is -0.472 e. The maximum absolute atomic E-state index is 14.4. The van der Waals surface area contributed by atoms with Crippen molar-refractivity contribution in [3.8, 4) is 5.88 Å². The fourth-order valence-electron chi connectivity index (χ4n) is 6.62. The molecule has 1 aliphatic heterocycles. The molecule has 278 valence electrons. The maximum Gasteiger partial charge on any atom is 0.408 e. The molecule has 2 heterocycles. The summed E-state index contributed by atoms with van der Waals surface area (Å²) < 4.78 is 39.4. The number of benzene rings is 1. The lowest BCUT2D eigenvalue weighted by atomic mass is 9.85. The Balaban J connectivity index is 1.45. The number of nitrogens with zero attached hydrogens (tertiary/aromatic N) is 2.